The van der Waals surface area contributed by atoms with Crippen LogP contribution in [0.3, 0.4) is 0 Å². The van der Waals surface area contributed by atoms with Crippen molar-refractivity contribution in [2.75, 3.05) is 5.75 Å². The fourth-order valence-corrected chi connectivity index (χ4v) is 6.91. The first-order valence-corrected chi connectivity index (χ1v) is 18.7. The molecule has 0 saturated carbocycles. The van der Waals surface area contributed by atoms with Gasteiger partial charge in [-0.1, -0.05) is 38.4 Å². The van der Waals surface area contributed by atoms with E-state index in [1.165, 1.54) is 83.8 Å². The summed E-state index contributed by atoms with van der Waals surface area (Å²) in [5, 5.41) is 42.6. The Morgan fingerprint density at radius 3 is 1.84 bits per heavy atom. The van der Waals surface area contributed by atoms with Crippen molar-refractivity contribution in [2.24, 2.45) is 0 Å². The van der Waals surface area contributed by atoms with E-state index in [1.807, 2.05) is 23.9 Å². The second-order valence-corrected chi connectivity index (χ2v) is 14.1. The maximum absolute atomic E-state index is 12.6. The maximum atomic E-state index is 12.6. The van der Waals surface area contributed by atoms with E-state index in [4.69, 9.17) is 15.6 Å². The molecule has 6 heterocycles. The van der Waals surface area contributed by atoms with E-state index < -0.39 is 29.9 Å². The number of aromatic nitrogens is 7. The van der Waals surface area contributed by atoms with Crippen molar-refractivity contribution < 1.29 is 62.4 Å². The minimum absolute atomic E-state index is 0. The molecule has 14 nitrogen and oxygen atoms in total. The van der Waals surface area contributed by atoms with E-state index in [-0.39, 0.29) is 70.5 Å². The summed E-state index contributed by atoms with van der Waals surface area (Å²) in [7, 11) is 0. The number of rotatable bonds is 13. The molecule has 58 heavy (non-hydrogen) atoms. The maximum Gasteiger partial charge on any atom is 2.00 e. The third-order valence-corrected chi connectivity index (χ3v) is 9.86. The molecule has 21 heteroatoms. The van der Waals surface area contributed by atoms with E-state index in [1.54, 1.807) is 23.6 Å². The second kappa shape index (κ2) is 22.4. The number of carbonyl (C=O) groups is 3. The number of isothiocyanates is 1. The zero-order valence-corrected chi connectivity index (χ0v) is 34.1. The summed E-state index contributed by atoms with van der Waals surface area (Å²) in [5.41, 5.74) is 1.56. The van der Waals surface area contributed by atoms with Gasteiger partial charge in [0.15, 0.2) is 0 Å². The molecule has 0 spiro atoms. The van der Waals surface area contributed by atoms with Gasteiger partial charge in [0.05, 0.1) is 49.4 Å². The van der Waals surface area contributed by atoms with Gasteiger partial charge in [-0.15, -0.1) is 23.1 Å². The Balaban J connectivity index is 0.000000286. The molecule has 0 aliphatic heterocycles. The summed E-state index contributed by atoms with van der Waals surface area (Å²) in [6.07, 6.45) is 4.57. The molecule has 6 aromatic rings. The number of thioether (sulfide) groups is 1. The number of carboxylic acids is 3. The van der Waals surface area contributed by atoms with E-state index in [2.05, 4.69) is 60.3 Å². The molecule has 6 rings (SSSR count). The molecule has 6 aromatic heterocycles. The van der Waals surface area contributed by atoms with Crippen LogP contribution in [-0.2, 0) is 25.7 Å². The topological polar surface area (TPSA) is 226 Å². The average molecular weight is 936 g/mol. The third kappa shape index (κ3) is 13.5. The average Bonchev–Trinajstić information content (AvgIpc) is 3.90. The first-order valence-electron chi connectivity index (χ1n) is 16.5. The molecule has 0 radical (unpaired) electrons. The fourth-order valence-electron chi connectivity index (χ4n) is 4.72. The quantitative estimate of drug-likeness (QED) is 0.0323. The minimum atomic E-state index is -4.60. The zero-order valence-electron chi connectivity index (χ0n) is 29.9. The first kappa shape index (κ1) is 46.8. The van der Waals surface area contributed by atoms with Crippen LogP contribution in [0.5, 0.6) is 0 Å². The van der Waals surface area contributed by atoms with Gasteiger partial charge in [0, 0.05) is 29.0 Å². The van der Waals surface area contributed by atoms with Crippen molar-refractivity contribution in [2.45, 2.75) is 43.0 Å². The Hall–Kier alpha value is -5.59. The number of unbranched alkanes of at least 4 members (excludes halogenated alkanes) is 3. The Labute approximate surface area is 354 Å². The first-order chi connectivity index (χ1) is 27.2. The van der Waals surface area contributed by atoms with Crippen LogP contribution in [-0.4, -0.2) is 74.2 Å². The fraction of sp³-hybridized carbons (Fsp3) is 0.189. The molecule has 0 saturated heterocycles. The van der Waals surface area contributed by atoms with E-state index in [0.29, 0.717) is 0 Å². The summed E-state index contributed by atoms with van der Waals surface area (Å²) < 4.78 is 39.0. The van der Waals surface area contributed by atoms with E-state index >= 15 is 0 Å². The monoisotopic (exact) mass is 936 g/mol. The summed E-state index contributed by atoms with van der Waals surface area (Å²) in [6, 6.07) is 15.2. The number of alkyl halides is 3. The van der Waals surface area contributed by atoms with E-state index in [0.717, 1.165) is 16.2 Å². The second-order valence-electron chi connectivity index (χ2n) is 11.4. The molecule has 0 unspecified atom stereocenters. The summed E-state index contributed by atoms with van der Waals surface area (Å²) in [4.78, 5) is 54.8. The molecule has 0 amide bonds. The Bertz CT molecular complexity index is 2300. The number of aromatic carboxylic acids is 3. The van der Waals surface area contributed by atoms with Crippen LogP contribution >= 0.6 is 35.3 Å². The van der Waals surface area contributed by atoms with Crippen LogP contribution in [0.4, 0.5) is 13.2 Å². The van der Waals surface area contributed by atoms with Crippen LogP contribution < -0.4 is 5.10 Å². The number of hydrogen-bond donors (Lipinski definition) is 3. The van der Waals surface area contributed by atoms with Gasteiger partial charge in [-0.05, 0) is 78.7 Å². The molecular formula is C37H29F3N8O6RuS3. The number of pyridine rings is 4. The molecule has 0 aromatic carbocycles. The van der Waals surface area contributed by atoms with E-state index in [9.17, 15) is 32.7 Å². The summed E-state index contributed by atoms with van der Waals surface area (Å²) >= 11 is 7.24. The minimum Gasteiger partial charge on any atom is -0.753 e. The number of carboxylic acid groups (broad SMARTS) is 3. The van der Waals surface area contributed by atoms with Gasteiger partial charge in [0.1, 0.15) is 5.82 Å². The molecule has 0 fully saturated rings. The normalized spacial score (nSPS) is 10.5. The van der Waals surface area contributed by atoms with Gasteiger partial charge < -0.3 is 30.8 Å². The van der Waals surface area contributed by atoms with Crippen LogP contribution in [0.25, 0.3) is 50.1 Å². The predicted octanol–water partition coefficient (Wildman–Crippen LogP) is 8.87. The molecule has 0 bridgehead atoms. The number of hydrogen-bond acceptors (Lipinski definition) is 12. The Morgan fingerprint density at radius 1 is 0.793 bits per heavy atom. The molecular weight excluding hydrogens is 907 g/mol. The van der Waals surface area contributed by atoms with Gasteiger partial charge in [0.25, 0.3) is 0 Å². The standard InChI is InChI=1S/C18H18F3N4S2.C18H11N3O6.CNS.Ru/c1-2-3-4-5-10-26-15-9-8-14(27-15)12-6-7-13(22-11-12)16-23-17(25-24-16)18(19,20)21;22-16(23)9-1-3-19-12(5-9)14-7-11(18(26)27)8-15(21-14)13-6-10(17(24)25)2-4-20-13;2-1-3;/h6-9,11H,2-5,10H2,1H3;1-8H,(H,22,23)(H,24,25)(H,26,27);;/q-1;;-1;+2. The van der Waals surface area contributed by atoms with Crippen LogP contribution in [0.15, 0.2) is 83.5 Å². The number of nitrogens with zero attached hydrogens (tertiary/aromatic N) is 8. The van der Waals surface area contributed by atoms with Crippen molar-refractivity contribution >= 4 is 58.4 Å². The molecule has 300 valence electrons. The van der Waals surface area contributed by atoms with Crippen molar-refractivity contribution in [1.29, 1.82) is 0 Å². The molecule has 0 aliphatic rings. The summed E-state index contributed by atoms with van der Waals surface area (Å²) in [5.74, 6) is -3.82. The van der Waals surface area contributed by atoms with Crippen molar-refractivity contribution in [3.63, 3.8) is 0 Å². The Morgan fingerprint density at radius 2 is 1.36 bits per heavy atom. The van der Waals surface area contributed by atoms with Crippen LogP contribution in [0, 0.1) is 0 Å². The Kier molecular flexibility index (Phi) is 18.1. The van der Waals surface area contributed by atoms with Gasteiger partial charge in [0.2, 0.25) is 0 Å². The van der Waals surface area contributed by atoms with Crippen LogP contribution in [0.1, 0.15) is 69.5 Å². The largest absolute Gasteiger partial charge is 2.00 e. The molecule has 0 atom stereocenters. The summed E-state index contributed by atoms with van der Waals surface area (Å²) in [6.45, 7) is 2.20. The number of halogens is 3. The van der Waals surface area contributed by atoms with Gasteiger partial charge in [-0.25, -0.2) is 19.4 Å². The van der Waals surface area contributed by atoms with Gasteiger partial charge >= 0.3 is 43.6 Å². The smallest absolute Gasteiger partial charge is 0.753 e. The van der Waals surface area contributed by atoms with Gasteiger partial charge in [-0.2, -0.15) is 18.3 Å². The van der Waals surface area contributed by atoms with Crippen molar-refractivity contribution in [3.05, 3.63) is 107 Å². The van der Waals surface area contributed by atoms with Crippen molar-refractivity contribution in [1.82, 2.24) is 35.1 Å². The number of thiocarbonyl (C=S) groups is 1. The number of thiophene rings is 1. The molecule has 0 aliphatic carbocycles. The predicted molar refractivity (Wildman–Crippen MR) is 209 cm³/mol. The van der Waals surface area contributed by atoms with Crippen molar-refractivity contribution in [3.8, 4) is 44.7 Å². The van der Waals surface area contributed by atoms with Crippen LogP contribution in [0.2, 0.25) is 0 Å². The SMILES string of the molecule is CCCCCCSc1ccc(-c2ccc(-c3nc(C(F)(F)F)n[n-]3)nc2)s1.O=C(O)c1ccnc(-c2cc(C(=O)O)cc(-c3cc(C(=O)O)ccn3)n2)c1.[N-]=C=S.[Ru+2]. The third-order valence-electron chi connectivity index (χ3n) is 7.42. The van der Waals surface area contributed by atoms with Gasteiger partial charge in [-0.3, -0.25) is 20.1 Å². The molecule has 3 N–H and O–H groups in total. The zero-order chi connectivity index (χ0) is 41.5.